The third-order valence-electron chi connectivity index (χ3n) is 2.19. The second kappa shape index (κ2) is 5.32. The highest BCUT2D eigenvalue weighted by molar-refractivity contribution is 9.10. The van der Waals surface area contributed by atoms with Gasteiger partial charge in [-0.1, -0.05) is 13.8 Å². The summed E-state index contributed by atoms with van der Waals surface area (Å²) in [5.74, 6) is 1.04. The van der Waals surface area contributed by atoms with Crippen LogP contribution in [0.2, 0.25) is 0 Å². The number of nitrogens with zero attached hydrogens (tertiary/aromatic N) is 1. The molecule has 0 amide bonds. The van der Waals surface area contributed by atoms with Crippen LogP contribution in [0.25, 0.3) is 0 Å². The van der Waals surface area contributed by atoms with Gasteiger partial charge in [-0.25, -0.2) is 4.98 Å². The lowest BCUT2D eigenvalue weighted by molar-refractivity contribution is 0.249. The number of aliphatic hydroxyl groups excluding tert-OH is 1. The van der Waals surface area contributed by atoms with Gasteiger partial charge in [-0.15, -0.1) is 0 Å². The number of hydrogen-bond donors (Lipinski definition) is 3. The van der Waals surface area contributed by atoms with Crippen molar-refractivity contribution in [1.82, 2.24) is 4.98 Å². The number of nitrogen functional groups attached to an aromatic ring is 1. The van der Waals surface area contributed by atoms with Crippen LogP contribution in [0, 0.1) is 5.92 Å². The molecular weight excluding hydrogens is 258 g/mol. The summed E-state index contributed by atoms with van der Waals surface area (Å²) in [6.07, 6.45) is 1.59. The van der Waals surface area contributed by atoms with Gasteiger partial charge in [0.25, 0.3) is 0 Å². The Labute approximate surface area is 98.0 Å². The molecule has 0 saturated carbocycles. The average Bonchev–Trinajstić information content (AvgIpc) is 2.16. The van der Waals surface area contributed by atoms with Gasteiger partial charge in [-0.3, -0.25) is 0 Å². The van der Waals surface area contributed by atoms with Crippen LogP contribution < -0.4 is 11.1 Å². The molecule has 0 aromatic carbocycles. The molecule has 15 heavy (non-hydrogen) atoms. The zero-order chi connectivity index (χ0) is 11.4. The average molecular weight is 274 g/mol. The highest BCUT2D eigenvalue weighted by Crippen LogP contribution is 2.23. The molecule has 84 valence electrons. The lowest BCUT2D eigenvalue weighted by Gasteiger charge is -2.21. The van der Waals surface area contributed by atoms with Gasteiger partial charge in [0, 0.05) is 0 Å². The van der Waals surface area contributed by atoms with Crippen LogP contribution in [0.5, 0.6) is 0 Å². The highest BCUT2D eigenvalue weighted by Gasteiger charge is 2.13. The van der Waals surface area contributed by atoms with Crippen molar-refractivity contribution in [1.29, 1.82) is 0 Å². The van der Waals surface area contributed by atoms with Gasteiger partial charge >= 0.3 is 0 Å². The van der Waals surface area contributed by atoms with E-state index in [2.05, 4.69) is 26.2 Å². The van der Waals surface area contributed by atoms with E-state index in [1.54, 1.807) is 12.3 Å². The zero-order valence-corrected chi connectivity index (χ0v) is 10.5. The predicted molar refractivity (Wildman–Crippen MR) is 65.7 cm³/mol. The number of pyridine rings is 1. The Kier molecular flexibility index (Phi) is 4.35. The Morgan fingerprint density at radius 1 is 1.60 bits per heavy atom. The zero-order valence-electron chi connectivity index (χ0n) is 8.87. The highest BCUT2D eigenvalue weighted by atomic mass is 79.9. The van der Waals surface area contributed by atoms with E-state index in [1.165, 1.54) is 0 Å². The van der Waals surface area contributed by atoms with Crippen LogP contribution in [-0.2, 0) is 0 Å². The molecule has 0 aliphatic heterocycles. The van der Waals surface area contributed by atoms with Crippen LogP contribution in [-0.4, -0.2) is 22.7 Å². The quantitative estimate of drug-likeness (QED) is 0.783. The first-order valence-electron chi connectivity index (χ1n) is 4.83. The number of halogens is 1. The van der Waals surface area contributed by atoms with Crippen molar-refractivity contribution in [3.05, 3.63) is 16.7 Å². The number of aromatic nitrogens is 1. The molecule has 0 radical (unpaired) electrons. The van der Waals surface area contributed by atoms with E-state index in [9.17, 15) is 5.11 Å². The Morgan fingerprint density at radius 3 is 2.73 bits per heavy atom. The summed E-state index contributed by atoms with van der Waals surface area (Å²) < 4.78 is 0.807. The van der Waals surface area contributed by atoms with E-state index < -0.39 is 0 Å². The summed E-state index contributed by atoms with van der Waals surface area (Å²) in [5, 5.41) is 12.3. The van der Waals surface area contributed by atoms with E-state index >= 15 is 0 Å². The third-order valence-corrected chi connectivity index (χ3v) is 2.79. The second-order valence-electron chi connectivity index (χ2n) is 3.78. The fourth-order valence-electron chi connectivity index (χ4n) is 1.16. The van der Waals surface area contributed by atoms with Crippen LogP contribution in [0.4, 0.5) is 11.5 Å². The van der Waals surface area contributed by atoms with Crippen LogP contribution in [0.3, 0.4) is 0 Å². The Hall–Kier alpha value is -0.810. The van der Waals surface area contributed by atoms with Crippen molar-refractivity contribution in [3.63, 3.8) is 0 Å². The molecule has 1 heterocycles. The van der Waals surface area contributed by atoms with E-state index in [-0.39, 0.29) is 12.6 Å². The van der Waals surface area contributed by atoms with Crippen molar-refractivity contribution >= 4 is 27.4 Å². The minimum atomic E-state index is -0.00238. The van der Waals surface area contributed by atoms with Crippen molar-refractivity contribution < 1.29 is 5.11 Å². The summed E-state index contributed by atoms with van der Waals surface area (Å²) >= 11 is 3.37. The van der Waals surface area contributed by atoms with E-state index in [0.29, 0.717) is 17.4 Å². The second-order valence-corrected chi connectivity index (χ2v) is 4.63. The maximum absolute atomic E-state index is 9.17. The van der Waals surface area contributed by atoms with Crippen LogP contribution in [0.15, 0.2) is 16.7 Å². The first-order valence-corrected chi connectivity index (χ1v) is 5.62. The largest absolute Gasteiger partial charge is 0.397 e. The first-order chi connectivity index (χ1) is 7.04. The minimum Gasteiger partial charge on any atom is -0.397 e. The Bertz CT molecular complexity index is 330. The summed E-state index contributed by atoms with van der Waals surface area (Å²) in [4.78, 5) is 4.15. The number of nitrogens with one attached hydrogen (secondary N) is 1. The molecule has 1 rings (SSSR count). The first kappa shape index (κ1) is 12.3. The lowest BCUT2D eigenvalue weighted by Crippen LogP contribution is -2.30. The maximum atomic E-state index is 9.17. The van der Waals surface area contributed by atoms with Crippen LogP contribution >= 0.6 is 15.9 Å². The molecular formula is C10H16BrN3O. The number of aliphatic hydroxyl groups is 1. The SMILES string of the molecule is CC(C)C(CO)Nc1ncc(N)cc1Br. The minimum absolute atomic E-state index is 0.00238. The standard InChI is InChI=1S/C10H16BrN3O/c1-6(2)9(5-15)14-10-8(11)3-7(12)4-13-10/h3-4,6,9,15H,5,12H2,1-2H3,(H,13,14). The molecule has 5 heteroatoms. The molecule has 0 saturated heterocycles. The molecule has 4 N–H and O–H groups in total. The summed E-state index contributed by atoms with van der Waals surface area (Å²) in [5.41, 5.74) is 6.19. The molecule has 0 aliphatic carbocycles. The normalized spacial score (nSPS) is 12.9. The molecule has 0 fully saturated rings. The molecule has 0 spiro atoms. The molecule has 1 atom stereocenters. The fourth-order valence-corrected chi connectivity index (χ4v) is 1.64. The van der Waals surface area contributed by atoms with Gasteiger partial charge in [-0.2, -0.15) is 0 Å². The maximum Gasteiger partial charge on any atom is 0.140 e. The monoisotopic (exact) mass is 273 g/mol. The lowest BCUT2D eigenvalue weighted by atomic mass is 10.1. The van der Waals surface area contributed by atoms with Crippen molar-refractivity contribution in [3.8, 4) is 0 Å². The van der Waals surface area contributed by atoms with Gasteiger partial charge in [0.05, 0.1) is 29.0 Å². The van der Waals surface area contributed by atoms with E-state index in [4.69, 9.17) is 5.73 Å². The van der Waals surface area contributed by atoms with Gasteiger partial charge in [0.1, 0.15) is 5.82 Å². The summed E-state index contributed by atoms with van der Waals surface area (Å²) in [6, 6.07) is 1.78. The third kappa shape index (κ3) is 3.35. The smallest absolute Gasteiger partial charge is 0.140 e. The van der Waals surface area contributed by atoms with Gasteiger partial charge < -0.3 is 16.2 Å². The van der Waals surface area contributed by atoms with Crippen molar-refractivity contribution in [2.75, 3.05) is 17.7 Å². The fraction of sp³-hybridized carbons (Fsp3) is 0.500. The summed E-state index contributed by atoms with van der Waals surface area (Å²) in [6.45, 7) is 4.16. The van der Waals surface area contributed by atoms with E-state index in [0.717, 1.165) is 4.47 Å². The summed E-state index contributed by atoms with van der Waals surface area (Å²) in [7, 11) is 0. The van der Waals surface area contributed by atoms with E-state index in [1.807, 2.05) is 13.8 Å². The van der Waals surface area contributed by atoms with Crippen molar-refractivity contribution in [2.24, 2.45) is 5.92 Å². The number of rotatable bonds is 4. The topological polar surface area (TPSA) is 71.2 Å². The molecule has 0 bridgehead atoms. The van der Waals surface area contributed by atoms with Gasteiger partial charge in [0.2, 0.25) is 0 Å². The molecule has 4 nitrogen and oxygen atoms in total. The number of anilines is 2. The Morgan fingerprint density at radius 2 is 2.27 bits per heavy atom. The van der Waals surface area contributed by atoms with Crippen LogP contribution in [0.1, 0.15) is 13.8 Å². The molecule has 1 aromatic heterocycles. The van der Waals surface area contributed by atoms with Gasteiger partial charge in [0.15, 0.2) is 0 Å². The van der Waals surface area contributed by atoms with Crippen molar-refractivity contribution in [2.45, 2.75) is 19.9 Å². The number of hydrogen-bond acceptors (Lipinski definition) is 4. The Balaban J connectivity index is 2.79. The molecule has 1 unspecified atom stereocenters. The predicted octanol–water partition coefficient (Wildman–Crippen LogP) is 1.86. The van der Waals surface area contributed by atoms with Gasteiger partial charge in [-0.05, 0) is 27.9 Å². The number of nitrogens with two attached hydrogens (primary N) is 1. The molecule has 1 aromatic rings. The molecule has 0 aliphatic rings.